The molecule has 5 nitrogen and oxygen atoms in total. The zero-order valence-corrected chi connectivity index (χ0v) is 19.5. The molecule has 3 aliphatic rings. The fourth-order valence-corrected chi connectivity index (χ4v) is 7.40. The number of anilines is 1. The van der Waals surface area contributed by atoms with Gasteiger partial charge in [-0.3, -0.25) is 9.89 Å². The molecule has 1 amide bonds. The highest BCUT2D eigenvalue weighted by Gasteiger charge is 2.58. The van der Waals surface area contributed by atoms with Gasteiger partial charge in [-0.25, -0.2) is 18.2 Å². The number of hydrogen-bond donors (Lipinski definition) is 2. The Morgan fingerprint density at radius 1 is 1.20 bits per heavy atom. The number of H-pyrrole nitrogens is 1. The number of fused-ring (bicyclic) bond motifs is 7. The van der Waals surface area contributed by atoms with E-state index < -0.39 is 11.6 Å². The van der Waals surface area contributed by atoms with Gasteiger partial charge in [-0.15, -0.1) is 0 Å². The first-order chi connectivity index (χ1) is 16.9. The van der Waals surface area contributed by atoms with Crippen molar-refractivity contribution in [3.05, 3.63) is 76.5 Å². The fourth-order valence-electron chi connectivity index (χ4n) is 7.40. The molecule has 2 aromatic heterocycles. The van der Waals surface area contributed by atoms with Crippen molar-refractivity contribution in [3.63, 3.8) is 0 Å². The molecule has 0 saturated heterocycles. The number of pyridine rings is 1. The molecule has 3 aromatic rings. The van der Waals surface area contributed by atoms with Crippen LogP contribution < -0.4 is 5.32 Å². The highest BCUT2D eigenvalue weighted by molar-refractivity contribution is 5.89. The largest absolute Gasteiger partial charge is 0.308 e. The van der Waals surface area contributed by atoms with Gasteiger partial charge in [-0.2, -0.15) is 5.10 Å². The summed E-state index contributed by atoms with van der Waals surface area (Å²) >= 11 is 0. The van der Waals surface area contributed by atoms with E-state index >= 15 is 0 Å². The lowest BCUT2D eigenvalue weighted by Gasteiger charge is -2.50. The predicted molar refractivity (Wildman–Crippen MR) is 124 cm³/mol. The molecule has 1 saturated carbocycles. The molecular formula is C27H27F3N4O. The molecular weight excluding hydrogens is 453 g/mol. The topological polar surface area (TPSA) is 70.7 Å². The third kappa shape index (κ3) is 3.48. The minimum Gasteiger partial charge on any atom is -0.308 e. The average molecular weight is 481 g/mol. The van der Waals surface area contributed by atoms with Crippen LogP contribution in [0.4, 0.5) is 19.0 Å². The maximum atomic E-state index is 14.5. The number of hydrogen-bond acceptors (Lipinski definition) is 3. The minimum atomic E-state index is -0.896. The molecule has 2 N–H and O–H groups in total. The summed E-state index contributed by atoms with van der Waals surface area (Å²) in [6.45, 7) is 2.28. The second-order valence-corrected chi connectivity index (χ2v) is 10.5. The van der Waals surface area contributed by atoms with E-state index in [1.165, 1.54) is 0 Å². The van der Waals surface area contributed by atoms with Crippen molar-refractivity contribution < 1.29 is 18.0 Å². The van der Waals surface area contributed by atoms with Crippen LogP contribution in [0.2, 0.25) is 0 Å². The van der Waals surface area contributed by atoms with Crippen LogP contribution in [-0.4, -0.2) is 21.1 Å². The summed E-state index contributed by atoms with van der Waals surface area (Å²) in [5.74, 6) is -1.33. The zero-order chi connectivity index (χ0) is 24.3. The van der Waals surface area contributed by atoms with E-state index in [1.54, 1.807) is 6.07 Å². The molecule has 0 bridgehead atoms. The summed E-state index contributed by atoms with van der Waals surface area (Å²) in [6, 6.07) is 6.15. The van der Waals surface area contributed by atoms with Gasteiger partial charge in [0.05, 0.1) is 11.9 Å². The molecule has 1 fully saturated rings. The van der Waals surface area contributed by atoms with Crippen LogP contribution in [0.3, 0.4) is 0 Å². The van der Waals surface area contributed by atoms with Crippen molar-refractivity contribution in [1.82, 2.24) is 15.2 Å². The first kappa shape index (κ1) is 22.3. The SMILES string of the molecule is C[C@]12CCC3c4cccc(F)c4CCC3C1[C@H](CCC(=O)Nc1ncc(F)cc1F)c1c[nH]nc12. The Morgan fingerprint density at radius 2 is 2.06 bits per heavy atom. The molecule has 1 aromatic carbocycles. The van der Waals surface area contributed by atoms with Gasteiger partial charge in [0.15, 0.2) is 11.6 Å². The molecule has 0 radical (unpaired) electrons. The predicted octanol–water partition coefficient (Wildman–Crippen LogP) is 5.75. The first-order valence-electron chi connectivity index (χ1n) is 12.3. The Labute approximate surface area is 201 Å². The maximum absolute atomic E-state index is 14.5. The van der Waals surface area contributed by atoms with E-state index in [0.717, 1.165) is 54.3 Å². The summed E-state index contributed by atoms with van der Waals surface area (Å²) in [5.41, 5.74) is 4.14. The lowest BCUT2D eigenvalue weighted by atomic mass is 9.53. The van der Waals surface area contributed by atoms with E-state index in [9.17, 15) is 18.0 Å². The van der Waals surface area contributed by atoms with Crippen LogP contribution in [0.5, 0.6) is 0 Å². The number of aromatic amines is 1. The van der Waals surface area contributed by atoms with Crippen molar-refractivity contribution in [2.45, 2.75) is 62.7 Å². The molecule has 0 aliphatic heterocycles. The van der Waals surface area contributed by atoms with Crippen LogP contribution in [-0.2, 0) is 16.6 Å². The molecule has 6 rings (SSSR count). The molecule has 5 atom stereocenters. The highest BCUT2D eigenvalue weighted by Crippen LogP contribution is 2.64. The fraction of sp³-hybridized carbons (Fsp3) is 0.444. The molecule has 0 spiro atoms. The van der Waals surface area contributed by atoms with Crippen molar-refractivity contribution in [2.75, 3.05) is 5.32 Å². The third-order valence-corrected chi connectivity index (χ3v) is 8.76. The van der Waals surface area contributed by atoms with E-state index in [1.807, 2.05) is 12.3 Å². The Balaban J connectivity index is 1.26. The summed E-state index contributed by atoms with van der Waals surface area (Å²) in [6.07, 6.45) is 7.19. The van der Waals surface area contributed by atoms with Crippen LogP contribution in [0.25, 0.3) is 0 Å². The average Bonchev–Trinajstić information content (AvgIpc) is 3.40. The summed E-state index contributed by atoms with van der Waals surface area (Å²) in [5, 5.41) is 10.1. The van der Waals surface area contributed by atoms with Crippen LogP contribution in [0.15, 0.2) is 36.7 Å². The summed E-state index contributed by atoms with van der Waals surface area (Å²) in [4.78, 5) is 16.4. The van der Waals surface area contributed by atoms with Gasteiger partial charge in [-0.1, -0.05) is 19.1 Å². The highest BCUT2D eigenvalue weighted by atomic mass is 19.1. The van der Waals surface area contributed by atoms with Crippen LogP contribution >= 0.6 is 0 Å². The number of halogens is 3. The van der Waals surface area contributed by atoms with Crippen LogP contribution in [0.1, 0.15) is 73.2 Å². The quantitative estimate of drug-likeness (QED) is 0.499. The van der Waals surface area contributed by atoms with E-state index in [4.69, 9.17) is 0 Å². The number of aromatic nitrogens is 3. The monoisotopic (exact) mass is 480 g/mol. The number of carbonyl (C=O) groups excluding carboxylic acids is 1. The Bertz CT molecular complexity index is 1310. The van der Waals surface area contributed by atoms with Gasteiger partial charge < -0.3 is 5.32 Å². The summed E-state index contributed by atoms with van der Waals surface area (Å²) < 4.78 is 41.6. The smallest absolute Gasteiger partial charge is 0.225 e. The number of carbonyl (C=O) groups is 1. The zero-order valence-electron chi connectivity index (χ0n) is 19.5. The maximum Gasteiger partial charge on any atom is 0.225 e. The number of benzene rings is 1. The first-order valence-corrected chi connectivity index (χ1v) is 12.3. The molecule has 8 heteroatoms. The summed E-state index contributed by atoms with van der Waals surface area (Å²) in [7, 11) is 0. The molecule has 2 heterocycles. The lowest BCUT2D eigenvalue weighted by Crippen LogP contribution is -2.44. The Hall–Kier alpha value is -3.16. The van der Waals surface area contributed by atoms with Crippen molar-refractivity contribution in [2.24, 2.45) is 11.8 Å². The van der Waals surface area contributed by atoms with E-state index in [2.05, 4.69) is 33.5 Å². The van der Waals surface area contributed by atoms with Crippen molar-refractivity contribution >= 4 is 11.7 Å². The number of rotatable bonds is 4. The number of amides is 1. The lowest BCUT2D eigenvalue weighted by molar-refractivity contribution is -0.116. The van der Waals surface area contributed by atoms with E-state index in [0.29, 0.717) is 30.2 Å². The standard InChI is InChI=1S/C27H27F3N4O/c1-27-10-9-16-15-3-2-4-21(29)17(15)5-6-18(16)24(27)19(20-13-32-34-25(20)27)7-8-23(35)33-26-22(30)11-14(28)12-31-26/h2-4,11-13,16,18-19,24H,5-10H2,1H3,(H,32,34)(H,31,33,35)/t16?,18?,19-,24?,27+/m1/s1. The van der Waals surface area contributed by atoms with Crippen LogP contribution in [0, 0.1) is 29.3 Å². The second-order valence-electron chi connectivity index (χ2n) is 10.5. The van der Waals surface area contributed by atoms with Gasteiger partial charge in [0, 0.05) is 24.1 Å². The molecule has 3 unspecified atom stereocenters. The third-order valence-electron chi connectivity index (χ3n) is 8.76. The second kappa shape index (κ2) is 8.21. The van der Waals surface area contributed by atoms with Crippen molar-refractivity contribution in [3.8, 4) is 0 Å². The normalized spacial score (nSPS) is 28.6. The Morgan fingerprint density at radius 3 is 2.89 bits per heavy atom. The number of nitrogens with one attached hydrogen (secondary N) is 2. The van der Waals surface area contributed by atoms with Crippen molar-refractivity contribution in [1.29, 1.82) is 0 Å². The minimum absolute atomic E-state index is 0.104. The molecule has 35 heavy (non-hydrogen) atoms. The van der Waals surface area contributed by atoms with Gasteiger partial charge in [0.2, 0.25) is 5.91 Å². The number of nitrogens with zero attached hydrogens (tertiary/aromatic N) is 2. The molecule has 182 valence electrons. The molecule has 3 aliphatic carbocycles. The van der Waals surface area contributed by atoms with Gasteiger partial charge >= 0.3 is 0 Å². The van der Waals surface area contributed by atoms with Gasteiger partial charge in [-0.05, 0) is 78.5 Å². The van der Waals surface area contributed by atoms with Gasteiger partial charge in [0.25, 0.3) is 0 Å². The van der Waals surface area contributed by atoms with E-state index in [-0.39, 0.29) is 35.3 Å². The Kier molecular flexibility index (Phi) is 5.23. The van der Waals surface area contributed by atoms with Gasteiger partial charge in [0.1, 0.15) is 11.6 Å².